The summed E-state index contributed by atoms with van der Waals surface area (Å²) in [4.78, 5) is 11.9. The van der Waals surface area contributed by atoms with Gasteiger partial charge in [0.05, 0.1) is 10.7 Å². The smallest absolute Gasteiger partial charge is 0.231 e. The average molecular weight is 367 g/mol. The third-order valence-electron chi connectivity index (χ3n) is 3.53. The van der Waals surface area contributed by atoms with E-state index in [4.69, 9.17) is 32.7 Å². The lowest BCUT2D eigenvalue weighted by atomic mass is 10.2. The number of hydrogen-bond acceptors (Lipinski definition) is 4. The molecule has 1 amide bonds. The number of ether oxygens (including phenoxy) is 2. The zero-order chi connectivity index (χ0) is 16.9. The van der Waals surface area contributed by atoms with Crippen LogP contribution in [0.15, 0.2) is 36.4 Å². The van der Waals surface area contributed by atoms with Crippen molar-refractivity contribution in [2.24, 2.45) is 0 Å². The summed E-state index contributed by atoms with van der Waals surface area (Å²) >= 11 is 11.9. The van der Waals surface area contributed by atoms with Crippen LogP contribution in [-0.4, -0.2) is 19.2 Å². The quantitative estimate of drug-likeness (QED) is 0.815. The molecule has 24 heavy (non-hydrogen) atoms. The first kappa shape index (κ1) is 16.7. The standard InChI is InChI=1S/C17H16Cl2N2O3/c18-12-2-3-14(13(19)8-12)20-6-5-17(22)21-9-11-1-4-15-16(7-11)24-10-23-15/h1-4,7-8,20H,5-6,9-10H2,(H,21,22). The van der Waals surface area contributed by atoms with Crippen molar-refractivity contribution in [2.45, 2.75) is 13.0 Å². The van der Waals surface area contributed by atoms with Crippen molar-refractivity contribution in [2.75, 3.05) is 18.7 Å². The number of carbonyl (C=O) groups excluding carboxylic acids is 1. The monoisotopic (exact) mass is 366 g/mol. The van der Waals surface area contributed by atoms with Gasteiger partial charge in [-0.25, -0.2) is 0 Å². The fraction of sp³-hybridized carbons (Fsp3) is 0.235. The molecule has 5 nitrogen and oxygen atoms in total. The second kappa shape index (κ2) is 7.64. The molecule has 0 unspecified atom stereocenters. The third-order valence-corrected chi connectivity index (χ3v) is 4.07. The Morgan fingerprint density at radius 2 is 1.92 bits per heavy atom. The molecule has 2 N–H and O–H groups in total. The molecule has 2 aromatic rings. The maximum atomic E-state index is 11.9. The summed E-state index contributed by atoms with van der Waals surface area (Å²) < 4.78 is 10.6. The van der Waals surface area contributed by atoms with Crippen molar-refractivity contribution < 1.29 is 14.3 Å². The van der Waals surface area contributed by atoms with Crippen molar-refractivity contribution in [1.29, 1.82) is 0 Å². The van der Waals surface area contributed by atoms with Gasteiger partial charge < -0.3 is 20.1 Å². The predicted octanol–water partition coefficient (Wildman–Crippen LogP) is 3.84. The van der Waals surface area contributed by atoms with Gasteiger partial charge in [-0.1, -0.05) is 29.3 Å². The first-order chi connectivity index (χ1) is 11.6. The molecule has 0 fully saturated rings. The van der Waals surface area contributed by atoms with Crippen molar-refractivity contribution >= 4 is 34.8 Å². The SMILES string of the molecule is O=C(CCNc1ccc(Cl)cc1Cl)NCc1ccc2c(c1)OCO2. The highest BCUT2D eigenvalue weighted by atomic mass is 35.5. The van der Waals surface area contributed by atoms with Crippen LogP contribution in [0.5, 0.6) is 11.5 Å². The lowest BCUT2D eigenvalue weighted by molar-refractivity contribution is -0.121. The molecular formula is C17H16Cl2N2O3. The van der Waals surface area contributed by atoms with Gasteiger partial charge in [0.1, 0.15) is 0 Å². The summed E-state index contributed by atoms with van der Waals surface area (Å²) in [5.41, 5.74) is 1.71. The van der Waals surface area contributed by atoms with Crippen LogP contribution in [0.1, 0.15) is 12.0 Å². The third kappa shape index (κ3) is 4.24. The fourth-order valence-electron chi connectivity index (χ4n) is 2.28. The minimum absolute atomic E-state index is 0.0507. The normalized spacial score (nSPS) is 12.1. The van der Waals surface area contributed by atoms with E-state index in [0.29, 0.717) is 35.3 Å². The molecule has 0 atom stereocenters. The summed E-state index contributed by atoms with van der Waals surface area (Å²) in [7, 11) is 0. The predicted molar refractivity (Wildman–Crippen MR) is 94.0 cm³/mol. The van der Waals surface area contributed by atoms with Crippen molar-refractivity contribution in [3.63, 3.8) is 0 Å². The van der Waals surface area contributed by atoms with E-state index in [1.54, 1.807) is 18.2 Å². The van der Waals surface area contributed by atoms with Gasteiger partial charge in [-0.05, 0) is 35.9 Å². The molecule has 0 saturated heterocycles. The van der Waals surface area contributed by atoms with Gasteiger partial charge in [-0.2, -0.15) is 0 Å². The highest BCUT2D eigenvalue weighted by Crippen LogP contribution is 2.32. The average Bonchev–Trinajstić information content (AvgIpc) is 3.02. The Labute approximate surface area is 149 Å². The fourth-order valence-corrected chi connectivity index (χ4v) is 2.76. The van der Waals surface area contributed by atoms with Crippen LogP contribution in [0, 0.1) is 0 Å². The minimum atomic E-state index is -0.0507. The number of rotatable bonds is 6. The molecule has 1 aliphatic heterocycles. The van der Waals surface area contributed by atoms with Crippen LogP contribution in [0.2, 0.25) is 10.0 Å². The first-order valence-electron chi connectivity index (χ1n) is 7.46. The van der Waals surface area contributed by atoms with Gasteiger partial charge >= 0.3 is 0 Å². The summed E-state index contributed by atoms with van der Waals surface area (Å²) in [6.45, 7) is 1.16. The van der Waals surface area contributed by atoms with E-state index < -0.39 is 0 Å². The number of nitrogens with one attached hydrogen (secondary N) is 2. The zero-order valence-electron chi connectivity index (χ0n) is 12.8. The van der Waals surface area contributed by atoms with Gasteiger partial charge in [0.25, 0.3) is 0 Å². The number of halogens is 2. The lowest BCUT2D eigenvalue weighted by Gasteiger charge is -2.09. The number of anilines is 1. The maximum absolute atomic E-state index is 11.9. The Morgan fingerprint density at radius 1 is 1.08 bits per heavy atom. The summed E-state index contributed by atoms with van der Waals surface area (Å²) in [6.07, 6.45) is 0.337. The molecule has 0 saturated carbocycles. The number of fused-ring (bicyclic) bond motifs is 1. The van der Waals surface area contributed by atoms with Crippen molar-refractivity contribution in [1.82, 2.24) is 5.32 Å². The van der Waals surface area contributed by atoms with Crippen molar-refractivity contribution in [3.8, 4) is 11.5 Å². The Morgan fingerprint density at radius 3 is 2.75 bits per heavy atom. The van der Waals surface area contributed by atoms with E-state index in [1.807, 2.05) is 18.2 Å². The summed E-state index contributed by atoms with van der Waals surface area (Å²) in [5, 5.41) is 7.09. The largest absolute Gasteiger partial charge is 0.454 e. The number of benzene rings is 2. The molecule has 126 valence electrons. The maximum Gasteiger partial charge on any atom is 0.231 e. The van der Waals surface area contributed by atoms with E-state index >= 15 is 0 Å². The van der Waals surface area contributed by atoms with Gasteiger partial charge in [-0.15, -0.1) is 0 Å². The number of hydrogen-bond donors (Lipinski definition) is 2. The molecule has 1 heterocycles. The molecule has 0 aliphatic carbocycles. The van der Waals surface area contributed by atoms with Gasteiger partial charge in [0.15, 0.2) is 11.5 Å². The van der Waals surface area contributed by atoms with Crippen molar-refractivity contribution in [3.05, 3.63) is 52.0 Å². The molecule has 2 aromatic carbocycles. The van der Waals surface area contributed by atoms with E-state index in [2.05, 4.69) is 10.6 Å². The van der Waals surface area contributed by atoms with E-state index in [1.165, 1.54) is 0 Å². The molecule has 0 bridgehead atoms. The molecule has 0 spiro atoms. The molecule has 0 aromatic heterocycles. The molecule has 7 heteroatoms. The number of amides is 1. The Kier molecular flexibility index (Phi) is 5.33. The molecule has 3 rings (SSSR count). The second-order valence-corrected chi connectivity index (χ2v) is 6.11. The molecule has 0 radical (unpaired) electrons. The van der Waals surface area contributed by atoms with Crippen LogP contribution < -0.4 is 20.1 Å². The van der Waals surface area contributed by atoms with Gasteiger partial charge in [0.2, 0.25) is 12.7 Å². The van der Waals surface area contributed by atoms with Crippen LogP contribution in [0.4, 0.5) is 5.69 Å². The van der Waals surface area contributed by atoms with Crippen LogP contribution in [-0.2, 0) is 11.3 Å². The van der Waals surface area contributed by atoms with Crippen LogP contribution >= 0.6 is 23.2 Å². The summed E-state index contributed by atoms with van der Waals surface area (Å²) in [5.74, 6) is 1.39. The lowest BCUT2D eigenvalue weighted by Crippen LogP contribution is -2.24. The Bertz CT molecular complexity index is 753. The molecule has 1 aliphatic rings. The molecular weight excluding hydrogens is 351 g/mol. The Hall–Kier alpha value is -2.11. The first-order valence-corrected chi connectivity index (χ1v) is 8.21. The highest BCUT2D eigenvalue weighted by molar-refractivity contribution is 6.36. The Balaban J connectivity index is 1.43. The number of carbonyl (C=O) groups is 1. The van der Waals surface area contributed by atoms with Crippen LogP contribution in [0.25, 0.3) is 0 Å². The topological polar surface area (TPSA) is 59.6 Å². The zero-order valence-corrected chi connectivity index (χ0v) is 14.3. The van der Waals surface area contributed by atoms with E-state index in [9.17, 15) is 4.79 Å². The second-order valence-electron chi connectivity index (χ2n) is 5.27. The van der Waals surface area contributed by atoms with E-state index in [-0.39, 0.29) is 12.7 Å². The summed E-state index contributed by atoms with van der Waals surface area (Å²) in [6, 6.07) is 10.8. The van der Waals surface area contributed by atoms with Gasteiger partial charge in [0, 0.05) is 24.5 Å². The van der Waals surface area contributed by atoms with Crippen LogP contribution in [0.3, 0.4) is 0 Å². The highest BCUT2D eigenvalue weighted by Gasteiger charge is 2.13. The minimum Gasteiger partial charge on any atom is -0.454 e. The van der Waals surface area contributed by atoms with E-state index in [0.717, 1.165) is 17.0 Å². The van der Waals surface area contributed by atoms with Gasteiger partial charge in [-0.3, -0.25) is 4.79 Å².